The largest absolute Gasteiger partial charge is 0.456 e. The summed E-state index contributed by atoms with van der Waals surface area (Å²) in [5.74, 6) is -0.284. The molecule has 0 amide bonds. The van der Waals surface area contributed by atoms with Crippen molar-refractivity contribution >= 4 is 131 Å². The van der Waals surface area contributed by atoms with Crippen LogP contribution in [-0.2, 0) is 0 Å². The fourth-order valence-electron chi connectivity index (χ4n) is 11.0. The molecule has 15 rings (SSSR count). The second-order valence-corrected chi connectivity index (χ2v) is 19.5. The van der Waals surface area contributed by atoms with Crippen molar-refractivity contribution in [1.29, 1.82) is 0 Å². The monoisotopic (exact) mass is 958 g/mol. The maximum absolute atomic E-state index is 14.4. The highest BCUT2D eigenvalue weighted by atomic mass is 32.1. The van der Waals surface area contributed by atoms with Crippen LogP contribution in [-0.4, -0.2) is 0 Å². The average molecular weight is 959 g/mol. The number of benzene rings is 11. The first-order chi connectivity index (χ1) is 36.1. The number of nitrogens with zero attached hydrogens (tertiary/aromatic N) is 2. The number of halogens is 1. The Bertz CT molecular complexity index is 4660. The summed E-state index contributed by atoms with van der Waals surface area (Å²) in [5, 5.41) is 9.93. The molecule has 0 unspecified atom stereocenters. The van der Waals surface area contributed by atoms with Crippen molar-refractivity contribution in [3.63, 3.8) is 0 Å². The number of hydrogen-bond donors (Lipinski definition) is 0. The van der Waals surface area contributed by atoms with Crippen LogP contribution in [0.5, 0.6) is 0 Å². The molecule has 0 saturated heterocycles. The summed E-state index contributed by atoms with van der Waals surface area (Å²) in [4.78, 5) is 5.41. The van der Waals surface area contributed by atoms with Gasteiger partial charge in [-0.15, -0.1) is 0 Å². The molecule has 0 N–H and O–H groups in total. The third kappa shape index (κ3) is 6.67. The van der Waals surface area contributed by atoms with E-state index in [4.69, 9.17) is 13.3 Å². The molecule has 0 atom stereocenters. The van der Waals surface area contributed by atoms with Crippen molar-refractivity contribution in [2.24, 2.45) is 0 Å². The highest BCUT2D eigenvalue weighted by molar-refractivity contribution is 7.26. The smallest absolute Gasteiger partial charge is 0.190 e. The molecule has 4 aromatic heterocycles. The van der Waals surface area contributed by atoms with Crippen LogP contribution in [0.2, 0.25) is 0 Å². The minimum absolute atomic E-state index is 0.284. The predicted molar refractivity (Wildman–Crippen MR) is 301 cm³/mol. The molecule has 73 heavy (non-hydrogen) atoms. The number of para-hydroxylation sites is 3. The summed E-state index contributed by atoms with van der Waals surface area (Å²) in [6.45, 7) is 0. The van der Waals surface area contributed by atoms with E-state index in [1.165, 1.54) is 33.2 Å². The maximum Gasteiger partial charge on any atom is 0.190 e. The standard InChI is InChI=1S/C66H39FN2O3S/c67-42-27-29-44(30-28-42)68(46-31-34-61-56(38-46)51-16-4-6-24-59(51)70-61)45-15-8-12-40(36-45)41-26-33-54-63(37-41)72-66-64(54)55-22-10-21-53(65(55)73-66)49-18-9-20-50-48(49)19-11-23-58(50)69(43-13-2-1-3-14-43)47-32-35-62-57(39-47)52-17-5-7-25-60(52)71-62/h1-39H. The molecule has 5 nitrogen and oxygen atoms in total. The minimum atomic E-state index is -0.284. The van der Waals surface area contributed by atoms with Crippen LogP contribution in [0.1, 0.15) is 0 Å². The van der Waals surface area contributed by atoms with Gasteiger partial charge in [-0.05, 0) is 137 Å². The normalized spacial score (nSPS) is 11.9. The molecule has 0 saturated carbocycles. The van der Waals surface area contributed by atoms with E-state index in [0.29, 0.717) is 0 Å². The second-order valence-electron chi connectivity index (χ2n) is 18.5. The van der Waals surface area contributed by atoms with Gasteiger partial charge in [0.25, 0.3) is 0 Å². The molecule has 0 spiro atoms. The van der Waals surface area contributed by atoms with E-state index in [2.05, 4.69) is 186 Å². The topological polar surface area (TPSA) is 45.9 Å². The van der Waals surface area contributed by atoms with E-state index in [0.717, 1.165) is 121 Å². The zero-order chi connectivity index (χ0) is 48.1. The highest BCUT2D eigenvalue weighted by Crippen LogP contribution is 2.49. The summed E-state index contributed by atoms with van der Waals surface area (Å²) in [7, 11) is 0. The molecule has 4 heterocycles. The Hall–Kier alpha value is -9.43. The number of thiophene rings is 1. The lowest BCUT2D eigenvalue weighted by atomic mass is 9.95. The van der Waals surface area contributed by atoms with Gasteiger partial charge >= 0.3 is 0 Å². The summed E-state index contributed by atoms with van der Waals surface area (Å²) < 4.78 is 34.8. The zero-order valence-corrected chi connectivity index (χ0v) is 39.7. The summed E-state index contributed by atoms with van der Waals surface area (Å²) in [5.41, 5.74) is 14.6. The summed E-state index contributed by atoms with van der Waals surface area (Å²) in [6.07, 6.45) is 0. The lowest BCUT2D eigenvalue weighted by Gasteiger charge is -2.27. The molecule has 11 aromatic carbocycles. The van der Waals surface area contributed by atoms with Crippen LogP contribution in [0, 0.1) is 5.82 Å². The first-order valence-electron chi connectivity index (χ1n) is 24.3. The fraction of sp³-hybridized carbons (Fsp3) is 0. The van der Waals surface area contributed by atoms with Gasteiger partial charge in [-0.1, -0.05) is 133 Å². The van der Waals surface area contributed by atoms with Crippen LogP contribution in [0.25, 0.3) is 108 Å². The van der Waals surface area contributed by atoms with E-state index < -0.39 is 0 Å². The Labute approximate surface area is 421 Å². The zero-order valence-electron chi connectivity index (χ0n) is 38.9. The molecule has 0 aliphatic rings. The van der Waals surface area contributed by atoms with Gasteiger partial charge in [0.2, 0.25) is 0 Å². The van der Waals surface area contributed by atoms with Crippen molar-refractivity contribution < 1.29 is 17.6 Å². The minimum Gasteiger partial charge on any atom is -0.456 e. The molecular weight excluding hydrogens is 920 g/mol. The quantitative estimate of drug-likeness (QED) is 0.152. The third-order valence-electron chi connectivity index (χ3n) is 14.3. The van der Waals surface area contributed by atoms with E-state index in [9.17, 15) is 4.39 Å². The lowest BCUT2D eigenvalue weighted by molar-refractivity contribution is 0.628. The van der Waals surface area contributed by atoms with E-state index >= 15 is 0 Å². The average Bonchev–Trinajstić information content (AvgIpc) is 4.22. The molecule has 0 fully saturated rings. The summed E-state index contributed by atoms with van der Waals surface area (Å²) in [6, 6.07) is 81.2. The molecular formula is C66H39FN2O3S. The van der Waals surface area contributed by atoms with Gasteiger partial charge in [-0.3, -0.25) is 0 Å². The third-order valence-corrected chi connectivity index (χ3v) is 15.5. The molecule has 15 aromatic rings. The van der Waals surface area contributed by atoms with Crippen molar-refractivity contribution in [3.8, 4) is 22.3 Å². The molecule has 344 valence electrons. The predicted octanol–water partition coefficient (Wildman–Crippen LogP) is 20.2. The lowest BCUT2D eigenvalue weighted by Crippen LogP contribution is -2.10. The van der Waals surface area contributed by atoms with Crippen LogP contribution >= 0.6 is 11.3 Å². The Morgan fingerprint density at radius 1 is 0.315 bits per heavy atom. The first kappa shape index (κ1) is 41.4. The Balaban J connectivity index is 0.814. The van der Waals surface area contributed by atoms with Gasteiger partial charge in [-0.25, -0.2) is 4.39 Å². The number of rotatable bonds is 8. The van der Waals surface area contributed by atoms with E-state index in [-0.39, 0.29) is 5.82 Å². The van der Waals surface area contributed by atoms with Crippen molar-refractivity contribution in [2.75, 3.05) is 9.80 Å². The number of anilines is 6. The van der Waals surface area contributed by atoms with Crippen LogP contribution in [0.4, 0.5) is 38.5 Å². The van der Waals surface area contributed by atoms with Crippen LogP contribution in [0.3, 0.4) is 0 Å². The van der Waals surface area contributed by atoms with Gasteiger partial charge in [0.05, 0.1) is 5.69 Å². The van der Waals surface area contributed by atoms with Gasteiger partial charge < -0.3 is 23.1 Å². The Morgan fingerprint density at radius 3 is 1.62 bits per heavy atom. The van der Waals surface area contributed by atoms with Crippen LogP contribution in [0.15, 0.2) is 250 Å². The highest BCUT2D eigenvalue weighted by Gasteiger charge is 2.22. The van der Waals surface area contributed by atoms with E-state index in [1.807, 2.05) is 48.5 Å². The maximum atomic E-state index is 14.4. The van der Waals surface area contributed by atoms with Crippen molar-refractivity contribution in [1.82, 2.24) is 0 Å². The SMILES string of the molecule is Fc1ccc(N(c2cccc(-c3ccc4c(c3)oc3sc5c(-c6cccc7c(N(c8ccccc8)c8ccc9oc%10ccccc%10c9c8)cccc67)cccc5c34)c2)c2ccc3oc4ccccc4c3c2)cc1. The summed E-state index contributed by atoms with van der Waals surface area (Å²) >= 11 is 1.70. The molecule has 0 aliphatic heterocycles. The molecule has 0 bridgehead atoms. The van der Waals surface area contributed by atoms with Crippen molar-refractivity contribution in [3.05, 3.63) is 242 Å². The molecule has 0 radical (unpaired) electrons. The molecule has 0 aliphatic carbocycles. The number of hydrogen-bond acceptors (Lipinski definition) is 6. The van der Waals surface area contributed by atoms with Crippen molar-refractivity contribution in [2.45, 2.75) is 0 Å². The Kier molecular flexibility index (Phi) is 9.24. The van der Waals surface area contributed by atoms with Gasteiger partial charge in [0.1, 0.15) is 33.7 Å². The number of fused-ring (bicyclic) bond motifs is 12. The second kappa shape index (κ2) is 16.3. The van der Waals surface area contributed by atoms with Crippen LogP contribution < -0.4 is 9.80 Å². The van der Waals surface area contributed by atoms with Gasteiger partial charge in [-0.2, -0.15) is 0 Å². The Morgan fingerprint density at radius 2 is 0.863 bits per heavy atom. The van der Waals surface area contributed by atoms with Gasteiger partial charge in [0, 0.05) is 81.8 Å². The first-order valence-corrected chi connectivity index (χ1v) is 25.1. The van der Waals surface area contributed by atoms with E-state index in [1.54, 1.807) is 11.3 Å². The molecule has 7 heteroatoms. The van der Waals surface area contributed by atoms with Gasteiger partial charge in [0.15, 0.2) is 4.90 Å². The number of furan rings is 3. The fourth-order valence-corrected chi connectivity index (χ4v) is 12.2.